The molecule has 4 heteroatoms. The normalized spacial score (nSPS) is 10.3. The second-order valence-corrected chi connectivity index (χ2v) is 4.65. The lowest BCUT2D eigenvalue weighted by molar-refractivity contribution is 0.628. The van der Waals surface area contributed by atoms with E-state index in [1.807, 2.05) is 6.92 Å². The molecule has 0 atom stereocenters. The molecular weight excluding hydrogens is 263 g/mol. The lowest BCUT2D eigenvalue weighted by Crippen LogP contribution is -2.02. The first-order chi connectivity index (χ1) is 8.99. The molecule has 2 rings (SSSR count). The number of anilines is 2. The van der Waals surface area contributed by atoms with E-state index >= 15 is 0 Å². The Morgan fingerprint density at radius 1 is 1.21 bits per heavy atom. The molecule has 0 bridgehead atoms. The minimum absolute atomic E-state index is 0.283. The summed E-state index contributed by atoms with van der Waals surface area (Å²) in [6, 6.07) is 9.52. The van der Waals surface area contributed by atoms with Crippen LogP contribution < -0.4 is 11.1 Å². The minimum atomic E-state index is -0.283. The summed E-state index contributed by atoms with van der Waals surface area (Å²) < 4.78 is 12.8. The van der Waals surface area contributed by atoms with Gasteiger partial charge in [0.25, 0.3) is 0 Å². The number of rotatable bonds is 3. The van der Waals surface area contributed by atoms with E-state index in [0.717, 1.165) is 16.8 Å². The second kappa shape index (κ2) is 5.33. The maximum atomic E-state index is 12.8. The van der Waals surface area contributed by atoms with Crippen molar-refractivity contribution in [3.63, 3.8) is 0 Å². The Bertz CT molecular complexity index is 621. The highest BCUT2D eigenvalue weighted by molar-refractivity contribution is 6.32. The van der Waals surface area contributed by atoms with Gasteiger partial charge < -0.3 is 11.1 Å². The summed E-state index contributed by atoms with van der Waals surface area (Å²) >= 11 is 6.17. The van der Waals surface area contributed by atoms with Gasteiger partial charge >= 0.3 is 0 Å². The SMILES string of the molecule is C=C(Nc1ccc(F)cc1)c1c(Cl)ccc(N)c1C. The van der Waals surface area contributed by atoms with Crippen LogP contribution in [0.3, 0.4) is 0 Å². The van der Waals surface area contributed by atoms with Gasteiger partial charge in [-0.25, -0.2) is 4.39 Å². The minimum Gasteiger partial charge on any atom is -0.398 e. The van der Waals surface area contributed by atoms with Crippen LogP contribution in [-0.2, 0) is 0 Å². The predicted molar refractivity (Wildman–Crippen MR) is 79.7 cm³/mol. The van der Waals surface area contributed by atoms with E-state index in [9.17, 15) is 4.39 Å². The molecule has 0 spiro atoms. The monoisotopic (exact) mass is 276 g/mol. The van der Waals surface area contributed by atoms with Crippen LogP contribution in [0.2, 0.25) is 5.02 Å². The van der Waals surface area contributed by atoms with E-state index in [1.165, 1.54) is 12.1 Å². The average Bonchev–Trinajstić information content (AvgIpc) is 2.37. The van der Waals surface area contributed by atoms with Gasteiger partial charge in [0.2, 0.25) is 0 Å². The average molecular weight is 277 g/mol. The Kier molecular flexibility index (Phi) is 3.76. The molecule has 19 heavy (non-hydrogen) atoms. The number of benzene rings is 2. The third-order valence-electron chi connectivity index (χ3n) is 2.90. The Balaban J connectivity index is 2.30. The van der Waals surface area contributed by atoms with Gasteiger partial charge in [0, 0.05) is 22.6 Å². The van der Waals surface area contributed by atoms with Crippen molar-refractivity contribution in [3.8, 4) is 0 Å². The molecule has 3 N–H and O–H groups in total. The van der Waals surface area contributed by atoms with Crippen molar-refractivity contribution in [2.45, 2.75) is 6.92 Å². The molecule has 0 aromatic heterocycles. The van der Waals surface area contributed by atoms with Crippen molar-refractivity contribution in [3.05, 3.63) is 64.9 Å². The van der Waals surface area contributed by atoms with E-state index in [4.69, 9.17) is 17.3 Å². The van der Waals surface area contributed by atoms with Gasteiger partial charge in [-0.05, 0) is 48.9 Å². The fourth-order valence-electron chi connectivity index (χ4n) is 1.84. The molecule has 0 saturated heterocycles. The standard InChI is InChI=1S/C15H14ClFN2/c1-9-14(18)8-7-13(16)15(9)10(2)19-12-5-3-11(17)4-6-12/h3-8,19H,2,18H2,1H3. The molecule has 0 heterocycles. The molecular formula is C15H14ClFN2. The Labute approximate surface area is 116 Å². The highest BCUT2D eigenvalue weighted by Crippen LogP contribution is 2.30. The Hall–Kier alpha value is -2.00. The third kappa shape index (κ3) is 2.88. The zero-order chi connectivity index (χ0) is 14.0. The zero-order valence-corrected chi connectivity index (χ0v) is 11.3. The molecule has 2 nitrogen and oxygen atoms in total. The lowest BCUT2D eigenvalue weighted by Gasteiger charge is -2.15. The topological polar surface area (TPSA) is 38.0 Å². The van der Waals surface area contributed by atoms with E-state index in [1.54, 1.807) is 24.3 Å². The zero-order valence-electron chi connectivity index (χ0n) is 10.5. The molecule has 2 aromatic rings. The first-order valence-electron chi connectivity index (χ1n) is 5.75. The van der Waals surface area contributed by atoms with Crippen LogP contribution in [0.4, 0.5) is 15.8 Å². The smallest absolute Gasteiger partial charge is 0.123 e. The summed E-state index contributed by atoms with van der Waals surface area (Å²) in [5, 5.41) is 3.67. The third-order valence-corrected chi connectivity index (χ3v) is 3.21. The van der Waals surface area contributed by atoms with Crippen LogP contribution in [0.25, 0.3) is 5.70 Å². The number of hydrogen-bond acceptors (Lipinski definition) is 2. The van der Waals surface area contributed by atoms with E-state index in [-0.39, 0.29) is 5.82 Å². The van der Waals surface area contributed by atoms with E-state index in [0.29, 0.717) is 16.4 Å². The van der Waals surface area contributed by atoms with Gasteiger partial charge in [-0.2, -0.15) is 0 Å². The van der Waals surface area contributed by atoms with Gasteiger partial charge in [-0.1, -0.05) is 18.2 Å². The largest absolute Gasteiger partial charge is 0.398 e. The van der Waals surface area contributed by atoms with Crippen molar-refractivity contribution in [1.82, 2.24) is 0 Å². The fraction of sp³-hybridized carbons (Fsp3) is 0.0667. The molecule has 0 aliphatic rings. The molecule has 0 amide bonds. The second-order valence-electron chi connectivity index (χ2n) is 4.25. The number of nitrogens with one attached hydrogen (secondary N) is 1. The van der Waals surface area contributed by atoms with E-state index < -0.39 is 0 Å². The van der Waals surface area contributed by atoms with Crippen LogP contribution in [0.1, 0.15) is 11.1 Å². The maximum Gasteiger partial charge on any atom is 0.123 e. The molecule has 0 aliphatic carbocycles. The van der Waals surface area contributed by atoms with Gasteiger partial charge in [0.1, 0.15) is 5.82 Å². The van der Waals surface area contributed by atoms with Gasteiger partial charge in [-0.3, -0.25) is 0 Å². The van der Waals surface area contributed by atoms with Crippen LogP contribution in [0.15, 0.2) is 43.0 Å². The number of hydrogen-bond donors (Lipinski definition) is 2. The predicted octanol–water partition coefficient (Wildman–Crippen LogP) is 4.45. The molecule has 2 aromatic carbocycles. The summed E-state index contributed by atoms with van der Waals surface area (Å²) in [5.74, 6) is -0.283. The molecule has 0 radical (unpaired) electrons. The maximum absolute atomic E-state index is 12.8. The Morgan fingerprint density at radius 2 is 1.84 bits per heavy atom. The fourth-order valence-corrected chi connectivity index (χ4v) is 2.15. The number of nitrogens with two attached hydrogens (primary N) is 1. The first-order valence-corrected chi connectivity index (χ1v) is 6.13. The van der Waals surface area contributed by atoms with Gasteiger partial charge in [0.15, 0.2) is 0 Å². The summed E-state index contributed by atoms with van der Waals surface area (Å²) in [7, 11) is 0. The molecule has 0 fully saturated rings. The van der Waals surface area contributed by atoms with Crippen LogP contribution in [0, 0.1) is 12.7 Å². The van der Waals surface area contributed by atoms with Crippen molar-refractivity contribution in [2.24, 2.45) is 0 Å². The highest BCUT2D eigenvalue weighted by Gasteiger charge is 2.10. The van der Waals surface area contributed by atoms with Crippen LogP contribution in [0.5, 0.6) is 0 Å². The van der Waals surface area contributed by atoms with Crippen molar-refractivity contribution in [1.29, 1.82) is 0 Å². The molecule has 0 unspecified atom stereocenters. The molecule has 0 saturated carbocycles. The Morgan fingerprint density at radius 3 is 2.47 bits per heavy atom. The van der Waals surface area contributed by atoms with Crippen molar-refractivity contribution in [2.75, 3.05) is 11.1 Å². The van der Waals surface area contributed by atoms with Crippen LogP contribution in [-0.4, -0.2) is 0 Å². The van der Waals surface area contributed by atoms with E-state index in [2.05, 4.69) is 11.9 Å². The summed E-state index contributed by atoms with van der Waals surface area (Å²) in [5.41, 5.74) is 9.52. The summed E-state index contributed by atoms with van der Waals surface area (Å²) in [6.45, 7) is 5.84. The van der Waals surface area contributed by atoms with Gasteiger partial charge in [0.05, 0.1) is 5.02 Å². The summed E-state index contributed by atoms with van der Waals surface area (Å²) in [6.07, 6.45) is 0. The number of nitrogen functional groups attached to an aromatic ring is 1. The first kappa shape index (κ1) is 13.4. The lowest BCUT2D eigenvalue weighted by atomic mass is 10.0. The van der Waals surface area contributed by atoms with Gasteiger partial charge in [-0.15, -0.1) is 0 Å². The highest BCUT2D eigenvalue weighted by atomic mass is 35.5. The molecule has 0 aliphatic heterocycles. The summed E-state index contributed by atoms with van der Waals surface area (Å²) in [4.78, 5) is 0. The van der Waals surface area contributed by atoms with Crippen molar-refractivity contribution < 1.29 is 4.39 Å². The molecule has 98 valence electrons. The van der Waals surface area contributed by atoms with Crippen molar-refractivity contribution >= 4 is 28.7 Å². The quantitative estimate of drug-likeness (QED) is 0.813. The number of halogens is 2. The van der Waals surface area contributed by atoms with Crippen LogP contribution >= 0.6 is 11.6 Å².